The molecule has 0 aromatic carbocycles. The average molecular weight is 890 g/mol. The second kappa shape index (κ2) is 35.9. The van der Waals surface area contributed by atoms with Crippen molar-refractivity contribution < 1.29 is 64.6 Å². The fraction of sp³-hybridized carbons (Fsp3) is 0.938. The maximum absolute atomic E-state index is 13.1. The Hall–Kier alpha value is -1.27. The van der Waals surface area contributed by atoms with Crippen molar-refractivity contribution in [3.63, 3.8) is 0 Å². The highest BCUT2D eigenvalue weighted by molar-refractivity contribution is 5.76. The SMILES string of the molecule is CCCCCCCCCCCCC/C=C/[C@@H](O)[C@H](CO[C@@H]1OC(CO)[C@@H](O[C@@H]2OC(CO)[C@H](O)C(O)[C@@H]2O)[C@H](O)C1O)NC(=O)CCCCCCCCCCCCCCCCC. The lowest BCUT2D eigenvalue weighted by atomic mass is 9.97. The highest BCUT2D eigenvalue weighted by atomic mass is 16.7. The van der Waals surface area contributed by atoms with E-state index in [1.54, 1.807) is 6.08 Å². The summed E-state index contributed by atoms with van der Waals surface area (Å²) in [6.45, 7) is 2.78. The van der Waals surface area contributed by atoms with E-state index in [0.29, 0.717) is 6.42 Å². The van der Waals surface area contributed by atoms with E-state index in [9.17, 15) is 45.6 Å². The first-order valence-electron chi connectivity index (χ1n) is 24.9. The molecular weight excluding hydrogens is 799 g/mol. The van der Waals surface area contributed by atoms with Gasteiger partial charge >= 0.3 is 0 Å². The van der Waals surface area contributed by atoms with Gasteiger partial charge in [-0.1, -0.05) is 180 Å². The zero-order valence-electron chi connectivity index (χ0n) is 38.6. The third-order valence-electron chi connectivity index (χ3n) is 12.5. The summed E-state index contributed by atoms with van der Waals surface area (Å²) in [6.07, 6.45) is 19.6. The van der Waals surface area contributed by atoms with Crippen molar-refractivity contribution in [3.05, 3.63) is 12.2 Å². The molecular formula is C48H91NO13. The number of allylic oxidation sites excluding steroid dienone is 1. The van der Waals surface area contributed by atoms with E-state index in [1.165, 1.54) is 128 Å². The molecule has 62 heavy (non-hydrogen) atoms. The zero-order chi connectivity index (χ0) is 45.4. The number of carbonyl (C=O) groups excluding carboxylic acids is 1. The van der Waals surface area contributed by atoms with E-state index >= 15 is 0 Å². The molecule has 14 heteroatoms. The lowest BCUT2D eigenvalue weighted by Crippen LogP contribution is -2.65. The normalized spacial score (nSPS) is 27.8. The number of hydrogen-bond donors (Lipinski definition) is 9. The van der Waals surface area contributed by atoms with Gasteiger partial charge in [-0.3, -0.25) is 4.79 Å². The molecule has 2 heterocycles. The zero-order valence-corrected chi connectivity index (χ0v) is 38.6. The van der Waals surface area contributed by atoms with Crippen LogP contribution in [-0.4, -0.2) is 140 Å². The monoisotopic (exact) mass is 890 g/mol. The fourth-order valence-electron chi connectivity index (χ4n) is 8.35. The van der Waals surface area contributed by atoms with Gasteiger partial charge in [0.25, 0.3) is 0 Å². The summed E-state index contributed by atoms with van der Waals surface area (Å²) in [5.74, 6) is -0.238. The van der Waals surface area contributed by atoms with Crippen LogP contribution in [0.3, 0.4) is 0 Å². The van der Waals surface area contributed by atoms with Gasteiger partial charge in [0.05, 0.1) is 32.0 Å². The Labute approximate surface area is 374 Å². The molecule has 0 bridgehead atoms. The minimum absolute atomic E-state index is 0.238. The van der Waals surface area contributed by atoms with E-state index in [0.717, 1.165) is 38.5 Å². The van der Waals surface area contributed by atoms with Crippen LogP contribution < -0.4 is 5.32 Å². The number of hydrogen-bond acceptors (Lipinski definition) is 13. The average Bonchev–Trinajstić information content (AvgIpc) is 3.27. The van der Waals surface area contributed by atoms with Gasteiger partial charge in [0.1, 0.15) is 48.8 Å². The molecule has 12 atom stereocenters. The number of aliphatic hydroxyl groups excluding tert-OH is 8. The second-order valence-electron chi connectivity index (χ2n) is 18.0. The van der Waals surface area contributed by atoms with Crippen LogP contribution in [0.4, 0.5) is 0 Å². The third-order valence-corrected chi connectivity index (χ3v) is 12.5. The van der Waals surface area contributed by atoms with Gasteiger partial charge in [0, 0.05) is 6.42 Å². The van der Waals surface area contributed by atoms with E-state index in [2.05, 4.69) is 19.2 Å². The van der Waals surface area contributed by atoms with Crippen LogP contribution in [0.2, 0.25) is 0 Å². The Morgan fingerprint density at radius 2 is 1.00 bits per heavy atom. The Bertz CT molecular complexity index is 1100. The van der Waals surface area contributed by atoms with Gasteiger partial charge in [-0.25, -0.2) is 0 Å². The summed E-state index contributed by atoms with van der Waals surface area (Å²) < 4.78 is 22.7. The number of nitrogens with one attached hydrogen (secondary N) is 1. The van der Waals surface area contributed by atoms with Crippen LogP contribution in [0.5, 0.6) is 0 Å². The molecule has 0 saturated carbocycles. The van der Waals surface area contributed by atoms with E-state index in [4.69, 9.17) is 18.9 Å². The summed E-state index contributed by atoms with van der Waals surface area (Å²) in [5.41, 5.74) is 0. The van der Waals surface area contributed by atoms with E-state index in [1.807, 2.05) is 6.08 Å². The second-order valence-corrected chi connectivity index (χ2v) is 18.0. The molecule has 1 amide bonds. The molecule has 0 aliphatic carbocycles. The van der Waals surface area contributed by atoms with Crippen LogP contribution in [0.1, 0.15) is 194 Å². The van der Waals surface area contributed by atoms with Gasteiger partial charge in [0.2, 0.25) is 5.91 Å². The topological polar surface area (TPSA) is 228 Å². The smallest absolute Gasteiger partial charge is 0.220 e. The molecule has 0 radical (unpaired) electrons. The van der Waals surface area contributed by atoms with Gasteiger partial charge < -0.3 is 65.1 Å². The minimum Gasteiger partial charge on any atom is -0.394 e. The standard InChI is InChI=1S/C48H91NO13/c1-3-5-7-9-11-13-15-17-18-20-22-24-26-28-30-32-40(53)49-36(37(52)31-29-27-25-23-21-19-16-14-12-10-8-6-4-2)35-59-47-45(58)43(56)46(39(34-51)61-47)62-48-44(57)42(55)41(54)38(33-50)60-48/h29,31,36-39,41-48,50-52,54-58H,3-28,30,32-35H2,1-2H3,(H,49,53)/b31-29+/t36-,37+,38?,39?,41-,42?,43+,44-,45?,46+,47+,48-/m0/s1. The summed E-state index contributed by atoms with van der Waals surface area (Å²) in [4.78, 5) is 13.1. The highest BCUT2D eigenvalue weighted by Gasteiger charge is 2.51. The molecule has 0 spiro atoms. The quantitative estimate of drug-likeness (QED) is 0.0257. The predicted octanol–water partition coefficient (Wildman–Crippen LogP) is 5.99. The molecule has 2 fully saturated rings. The predicted molar refractivity (Wildman–Crippen MR) is 240 cm³/mol. The summed E-state index contributed by atoms with van der Waals surface area (Å²) in [5, 5.41) is 86.6. The lowest BCUT2D eigenvalue weighted by molar-refractivity contribution is -0.359. The number of aliphatic hydroxyl groups is 8. The van der Waals surface area contributed by atoms with Gasteiger partial charge in [0.15, 0.2) is 12.6 Å². The Morgan fingerprint density at radius 3 is 1.48 bits per heavy atom. The lowest BCUT2D eigenvalue weighted by Gasteiger charge is -2.46. The molecule has 9 N–H and O–H groups in total. The number of carbonyl (C=O) groups is 1. The summed E-state index contributed by atoms with van der Waals surface area (Å²) in [7, 11) is 0. The largest absolute Gasteiger partial charge is 0.394 e. The minimum atomic E-state index is -1.78. The van der Waals surface area contributed by atoms with Gasteiger partial charge in [-0.2, -0.15) is 0 Å². The maximum atomic E-state index is 13.1. The molecule has 2 rings (SSSR count). The molecule has 2 aliphatic heterocycles. The maximum Gasteiger partial charge on any atom is 0.220 e. The number of rotatable bonds is 38. The van der Waals surface area contributed by atoms with Crippen LogP contribution in [0, 0.1) is 0 Å². The van der Waals surface area contributed by atoms with Gasteiger partial charge in [-0.05, 0) is 19.3 Å². The molecule has 4 unspecified atom stereocenters. The van der Waals surface area contributed by atoms with Crippen LogP contribution in [0.25, 0.3) is 0 Å². The first-order chi connectivity index (χ1) is 30.1. The van der Waals surface area contributed by atoms with Gasteiger partial charge in [-0.15, -0.1) is 0 Å². The van der Waals surface area contributed by atoms with Crippen LogP contribution >= 0.6 is 0 Å². The van der Waals surface area contributed by atoms with Crippen LogP contribution in [0.15, 0.2) is 12.2 Å². The van der Waals surface area contributed by atoms with Crippen molar-refractivity contribution in [2.75, 3.05) is 19.8 Å². The molecule has 0 aromatic heterocycles. The van der Waals surface area contributed by atoms with E-state index < -0.39 is 86.8 Å². The third kappa shape index (κ3) is 23.3. The molecule has 0 aromatic rings. The van der Waals surface area contributed by atoms with Crippen LogP contribution in [-0.2, 0) is 23.7 Å². The van der Waals surface area contributed by atoms with Crippen molar-refractivity contribution in [2.45, 2.75) is 267 Å². The van der Waals surface area contributed by atoms with Crippen molar-refractivity contribution in [2.24, 2.45) is 0 Å². The highest BCUT2D eigenvalue weighted by Crippen LogP contribution is 2.30. The molecule has 366 valence electrons. The summed E-state index contributed by atoms with van der Waals surface area (Å²) in [6, 6.07) is -0.906. The van der Waals surface area contributed by atoms with Crippen molar-refractivity contribution in [3.8, 4) is 0 Å². The number of unbranched alkanes of at least 4 members (excludes halogenated alkanes) is 25. The Kier molecular flexibility index (Phi) is 32.9. The Morgan fingerprint density at radius 1 is 0.565 bits per heavy atom. The van der Waals surface area contributed by atoms with Crippen molar-refractivity contribution >= 4 is 5.91 Å². The molecule has 2 aliphatic rings. The molecule has 14 nitrogen and oxygen atoms in total. The number of ether oxygens (including phenoxy) is 4. The van der Waals surface area contributed by atoms with Crippen molar-refractivity contribution in [1.82, 2.24) is 5.32 Å². The number of amides is 1. The first-order valence-corrected chi connectivity index (χ1v) is 24.9. The summed E-state index contributed by atoms with van der Waals surface area (Å²) >= 11 is 0. The first kappa shape index (κ1) is 56.9. The molecule has 2 saturated heterocycles. The fourth-order valence-corrected chi connectivity index (χ4v) is 8.35. The van der Waals surface area contributed by atoms with E-state index in [-0.39, 0.29) is 18.9 Å². The van der Waals surface area contributed by atoms with Crippen molar-refractivity contribution in [1.29, 1.82) is 0 Å². The Balaban J connectivity index is 1.86.